The molecule has 0 radical (unpaired) electrons. The van der Waals surface area contributed by atoms with Crippen LogP contribution in [0.5, 0.6) is 0 Å². The second-order valence-corrected chi connectivity index (χ2v) is 17.7. The number of fused-ring (bicyclic) bond motifs is 2. The van der Waals surface area contributed by atoms with Crippen LogP contribution in [0.3, 0.4) is 0 Å². The van der Waals surface area contributed by atoms with Crippen LogP contribution in [0.4, 0.5) is 5.82 Å². The van der Waals surface area contributed by atoms with E-state index in [4.69, 9.17) is 4.98 Å². The van der Waals surface area contributed by atoms with E-state index in [1.165, 1.54) is 0 Å². The molecule has 5 amide bonds. The number of hydrogen-bond acceptors (Lipinski definition) is 10. The van der Waals surface area contributed by atoms with Gasteiger partial charge in [0.2, 0.25) is 11.8 Å². The third-order valence-corrected chi connectivity index (χ3v) is 13.0. The number of carbonyl (C=O) groups is 5. The minimum Gasteiger partial charge on any atom is -0.357 e. The number of anilines is 1. The summed E-state index contributed by atoms with van der Waals surface area (Å²) in [6, 6.07) is 12.6. The van der Waals surface area contributed by atoms with Gasteiger partial charge < -0.3 is 15.2 Å². The standard InChI is InChI=1S/C46H50BrN9O6/c1-6-7-27-16-26(4)51-43(59)35(27)22-49-42(58)32-17-29(19-39-36(32)23-50-56(39)25(2)3)28-8-10-40(48-21-28)54-14-12-31(13-15-54)53(5)24-30-18-33-34(20-37(30)47)46(62)55(45(33)61)38-9-11-41(57)52-44(38)60/h8,10,16-21,23,25,31,38H,6-7,9,11-15,22,24H2,1-5H3,(H,49,58)(H,51,59)(H,52,57,60). The number of rotatable bonds is 12. The minimum atomic E-state index is -1.01. The van der Waals surface area contributed by atoms with Gasteiger partial charge in [-0.3, -0.25) is 48.6 Å². The molecule has 6 heterocycles. The Hall–Kier alpha value is -6.00. The highest BCUT2D eigenvalue weighted by Gasteiger charge is 2.45. The summed E-state index contributed by atoms with van der Waals surface area (Å²) in [5.74, 6) is -1.53. The van der Waals surface area contributed by atoms with Crippen LogP contribution in [-0.4, -0.2) is 91.3 Å². The Labute approximate surface area is 367 Å². The number of aryl methyl sites for hydroxylation is 2. The lowest BCUT2D eigenvalue weighted by Gasteiger charge is -2.37. The fraction of sp³-hybridized carbons (Fsp3) is 0.391. The maximum Gasteiger partial charge on any atom is 0.262 e. The van der Waals surface area contributed by atoms with Crippen LogP contribution in [0.1, 0.15) is 112 Å². The first-order chi connectivity index (χ1) is 29.7. The van der Waals surface area contributed by atoms with Crippen LogP contribution in [0.25, 0.3) is 22.0 Å². The number of aromatic nitrogens is 4. The van der Waals surface area contributed by atoms with Gasteiger partial charge in [-0.1, -0.05) is 29.3 Å². The summed E-state index contributed by atoms with van der Waals surface area (Å²) < 4.78 is 2.61. The van der Waals surface area contributed by atoms with Gasteiger partial charge in [0, 0.05) is 77.6 Å². The van der Waals surface area contributed by atoms with E-state index in [0.29, 0.717) is 22.1 Å². The van der Waals surface area contributed by atoms with Crippen molar-refractivity contribution in [2.75, 3.05) is 25.0 Å². The Bertz CT molecular complexity index is 2680. The zero-order chi connectivity index (χ0) is 44.0. The fourth-order valence-electron chi connectivity index (χ4n) is 8.98. The average Bonchev–Trinajstić information content (AvgIpc) is 3.78. The second kappa shape index (κ2) is 17.4. The van der Waals surface area contributed by atoms with Crippen LogP contribution >= 0.6 is 15.9 Å². The molecule has 5 aromatic rings. The van der Waals surface area contributed by atoms with E-state index in [0.717, 1.165) is 88.3 Å². The molecule has 2 aromatic carbocycles. The number of nitrogens with zero attached hydrogens (tertiary/aromatic N) is 6. The third kappa shape index (κ3) is 8.20. The molecule has 0 saturated carbocycles. The van der Waals surface area contributed by atoms with Crippen LogP contribution in [0.2, 0.25) is 0 Å². The average molecular weight is 905 g/mol. The number of nitrogens with one attached hydrogen (secondary N) is 3. The van der Waals surface area contributed by atoms with Crippen molar-refractivity contribution >= 4 is 62.2 Å². The topological polar surface area (TPSA) is 183 Å². The van der Waals surface area contributed by atoms with Gasteiger partial charge in [-0.05, 0) is 113 Å². The molecule has 0 spiro atoms. The molecule has 3 aliphatic rings. The van der Waals surface area contributed by atoms with Crippen LogP contribution < -0.4 is 21.1 Å². The highest BCUT2D eigenvalue weighted by molar-refractivity contribution is 9.10. The summed E-state index contributed by atoms with van der Waals surface area (Å²) >= 11 is 3.62. The monoisotopic (exact) mass is 903 g/mol. The van der Waals surface area contributed by atoms with Crippen molar-refractivity contribution in [2.45, 2.75) is 97.4 Å². The van der Waals surface area contributed by atoms with Crippen LogP contribution in [-0.2, 0) is 29.1 Å². The first kappa shape index (κ1) is 42.7. The maximum atomic E-state index is 13.9. The zero-order valence-corrected chi connectivity index (χ0v) is 37.1. The molecule has 8 rings (SSSR count). The Kier molecular flexibility index (Phi) is 12.0. The number of halogens is 1. The molecule has 3 N–H and O–H groups in total. The number of H-pyrrole nitrogens is 1. The molecule has 3 aliphatic heterocycles. The smallest absolute Gasteiger partial charge is 0.262 e. The molecule has 2 fully saturated rings. The highest BCUT2D eigenvalue weighted by Crippen LogP contribution is 2.34. The highest BCUT2D eigenvalue weighted by atomic mass is 79.9. The summed E-state index contributed by atoms with van der Waals surface area (Å²) in [5, 5.41) is 10.6. The van der Waals surface area contributed by atoms with Gasteiger partial charge in [-0.25, -0.2) is 4.98 Å². The number of carbonyl (C=O) groups excluding carboxylic acids is 5. The van der Waals surface area contributed by atoms with Gasteiger partial charge in [-0.2, -0.15) is 5.10 Å². The van der Waals surface area contributed by atoms with E-state index in [2.05, 4.69) is 60.4 Å². The van der Waals surface area contributed by atoms with Crippen LogP contribution in [0.15, 0.2) is 64.1 Å². The summed E-state index contributed by atoms with van der Waals surface area (Å²) in [7, 11) is 2.05. The van der Waals surface area contributed by atoms with Gasteiger partial charge >= 0.3 is 0 Å². The molecular formula is C46H50BrN9O6. The minimum absolute atomic E-state index is 0.0616. The molecule has 0 aliphatic carbocycles. The number of amides is 5. The first-order valence-corrected chi connectivity index (χ1v) is 22.0. The molecule has 1 atom stereocenters. The molecule has 0 bridgehead atoms. The van der Waals surface area contributed by atoms with E-state index in [1.807, 2.05) is 62.0 Å². The molecule has 2 saturated heterocycles. The van der Waals surface area contributed by atoms with E-state index in [-0.39, 0.29) is 54.1 Å². The van der Waals surface area contributed by atoms with Gasteiger partial charge in [0.1, 0.15) is 11.9 Å². The molecule has 3 aromatic heterocycles. The Balaban J connectivity index is 0.935. The second-order valence-electron chi connectivity index (χ2n) is 16.8. The number of pyridine rings is 2. The lowest BCUT2D eigenvalue weighted by molar-refractivity contribution is -0.136. The summed E-state index contributed by atoms with van der Waals surface area (Å²) in [5.41, 5.74) is 6.46. The quantitative estimate of drug-likeness (QED) is 0.129. The van der Waals surface area contributed by atoms with Crippen molar-refractivity contribution in [3.8, 4) is 11.1 Å². The fourth-order valence-corrected chi connectivity index (χ4v) is 9.45. The van der Waals surface area contributed by atoms with Crippen molar-refractivity contribution in [3.63, 3.8) is 0 Å². The van der Waals surface area contributed by atoms with Crippen molar-refractivity contribution in [2.24, 2.45) is 0 Å². The first-order valence-electron chi connectivity index (χ1n) is 21.2. The van der Waals surface area contributed by atoms with Gasteiger partial charge in [0.25, 0.3) is 23.3 Å². The lowest BCUT2D eigenvalue weighted by Crippen LogP contribution is -2.54. The van der Waals surface area contributed by atoms with Gasteiger partial charge in [-0.15, -0.1) is 0 Å². The van der Waals surface area contributed by atoms with E-state index in [1.54, 1.807) is 18.3 Å². The van der Waals surface area contributed by atoms with Crippen LogP contribution in [0, 0.1) is 6.92 Å². The van der Waals surface area contributed by atoms with Crippen molar-refractivity contribution in [3.05, 3.63) is 109 Å². The largest absolute Gasteiger partial charge is 0.357 e. The number of hydrogen-bond donors (Lipinski definition) is 3. The van der Waals surface area contributed by atoms with Crippen molar-refractivity contribution < 1.29 is 24.0 Å². The molecule has 1 unspecified atom stereocenters. The number of aromatic amines is 1. The van der Waals surface area contributed by atoms with E-state index in [9.17, 15) is 28.8 Å². The summed E-state index contributed by atoms with van der Waals surface area (Å²) in [6.45, 7) is 10.2. The molecule has 15 nitrogen and oxygen atoms in total. The number of piperidine rings is 2. The molecular weight excluding hydrogens is 854 g/mol. The van der Waals surface area contributed by atoms with Crippen molar-refractivity contribution in [1.82, 2.24) is 40.2 Å². The molecule has 62 heavy (non-hydrogen) atoms. The predicted octanol–water partition coefficient (Wildman–Crippen LogP) is 5.82. The van der Waals surface area contributed by atoms with Gasteiger partial charge in [0.15, 0.2) is 0 Å². The van der Waals surface area contributed by atoms with Gasteiger partial charge in [0.05, 0.1) is 28.4 Å². The summed E-state index contributed by atoms with van der Waals surface area (Å²) in [4.78, 5) is 91.1. The Morgan fingerprint density at radius 1 is 0.952 bits per heavy atom. The predicted molar refractivity (Wildman–Crippen MR) is 238 cm³/mol. The molecule has 16 heteroatoms. The zero-order valence-electron chi connectivity index (χ0n) is 35.5. The molecule has 322 valence electrons. The lowest BCUT2D eigenvalue weighted by atomic mass is 9.99. The van der Waals surface area contributed by atoms with E-state index < -0.39 is 29.7 Å². The Morgan fingerprint density at radius 3 is 2.37 bits per heavy atom. The van der Waals surface area contributed by atoms with E-state index >= 15 is 0 Å². The summed E-state index contributed by atoms with van der Waals surface area (Å²) in [6.07, 6.45) is 7.13. The normalized spacial score (nSPS) is 17.1. The number of benzene rings is 2. The Morgan fingerprint density at radius 2 is 1.69 bits per heavy atom. The maximum absolute atomic E-state index is 13.9. The van der Waals surface area contributed by atoms with Crippen molar-refractivity contribution in [1.29, 1.82) is 0 Å². The SMILES string of the molecule is CCCc1cc(C)[nH]c(=O)c1CNC(=O)c1cc(-c2ccc(N3CCC(N(C)Cc4cc5c(cc4Br)C(=O)N(C4CCC(=O)NC4=O)C5=O)CC3)nc2)cc2c1cnn2C(C)C. The third-order valence-electron chi connectivity index (χ3n) is 12.3. The number of imide groups is 2.